The van der Waals surface area contributed by atoms with Crippen molar-refractivity contribution in [1.82, 2.24) is 30.7 Å². The van der Waals surface area contributed by atoms with Gasteiger partial charge in [-0.1, -0.05) is 11.2 Å². The number of aromatic nitrogens is 4. The molecule has 0 atom stereocenters. The number of benzene rings is 1. The van der Waals surface area contributed by atoms with Crippen LogP contribution in [0.25, 0.3) is 23.0 Å². The van der Waals surface area contributed by atoms with E-state index in [-0.39, 0.29) is 0 Å². The summed E-state index contributed by atoms with van der Waals surface area (Å²) >= 11 is 0. The standard InChI is InChI=1S/C25H19N7O5/c33-22-25(23(34)30-24(35)29-22)11-3-13-32(25)16-7-10-19(27-14-16)36-17-8-5-15(6-9-17)20-28-21(37-31-20)18-4-1-2-12-26-18/h1-2,4-10,12,14H,3,11,13H2,(H2,29,30,33,34,35). The zero-order chi connectivity index (χ0) is 25.4. The van der Waals surface area contributed by atoms with Crippen LogP contribution in [0, 0.1) is 0 Å². The first-order valence-corrected chi connectivity index (χ1v) is 11.5. The Balaban J connectivity index is 1.16. The van der Waals surface area contributed by atoms with E-state index in [1.807, 2.05) is 12.1 Å². The van der Waals surface area contributed by atoms with Crippen molar-refractivity contribution in [3.8, 4) is 34.6 Å². The van der Waals surface area contributed by atoms with Gasteiger partial charge in [-0.3, -0.25) is 25.2 Å². The molecule has 2 saturated heterocycles. The van der Waals surface area contributed by atoms with Gasteiger partial charge in [-0.05, 0) is 55.3 Å². The third-order valence-corrected chi connectivity index (χ3v) is 6.26. The average Bonchev–Trinajstić information content (AvgIpc) is 3.58. The Bertz CT molecular complexity index is 1470. The number of imide groups is 2. The van der Waals surface area contributed by atoms with E-state index < -0.39 is 23.4 Å². The van der Waals surface area contributed by atoms with Gasteiger partial charge in [-0.15, -0.1) is 0 Å². The summed E-state index contributed by atoms with van der Waals surface area (Å²) in [6, 6.07) is 15.1. The Morgan fingerprint density at radius 2 is 1.76 bits per heavy atom. The lowest BCUT2D eigenvalue weighted by atomic mass is 9.92. The fraction of sp³-hybridized carbons (Fsp3) is 0.160. The summed E-state index contributed by atoms with van der Waals surface area (Å²) in [4.78, 5) is 51.4. The molecule has 3 aromatic heterocycles. The van der Waals surface area contributed by atoms with Crippen LogP contribution >= 0.6 is 0 Å². The number of rotatable bonds is 5. The van der Waals surface area contributed by atoms with Crippen LogP contribution in [0.4, 0.5) is 10.5 Å². The van der Waals surface area contributed by atoms with Gasteiger partial charge < -0.3 is 14.2 Å². The molecule has 0 saturated carbocycles. The molecule has 2 fully saturated rings. The van der Waals surface area contributed by atoms with Gasteiger partial charge in [0.1, 0.15) is 11.4 Å². The molecule has 4 aromatic rings. The van der Waals surface area contributed by atoms with E-state index in [1.54, 1.807) is 53.6 Å². The van der Waals surface area contributed by atoms with Crippen LogP contribution in [0.15, 0.2) is 71.5 Å². The van der Waals surface area contributed by atoms with Gasteiger partial charge in [0.25, 0.3) is 17.7 Å². The molecule has 0 bridgehead atoms. The zero-order valence-corrected chi connectivity index (χ0v) is 19.2. The van der Waals surface area contributed by atoms with Gasteiger partial charge in [0.05, 0.1) is 11.9 Å². The predicted octanol–water partition coefficient (Wildman–Crippen LogP) is 2.69. The molecule has 184 valence electrons. The lowest BCUT2D eigenvalue weighted by Crippen LogP contribution is -2.71. The van der Waals surface area contributed by atoms with Crippen LogP contribution in [-0.2, 0) is 9.59 Å². The second-order valence-corrected chi connectivity index (χ2v) is 8.47. The number of pyridine rings is 2. The zero-order valence-electron chi connectivity index (χ0n) is 19.2. The van der Waals surface area contributed by atoms with E-state index in [9.17, 15) is 14.4 Å². The number of urea groups is 1. The number of amides is 4. The number of ether oxygens (including phenoxy) is 1. The number of carbonyl (C=O) groups is 3. The van der Waals surface area contributed by atoms with Crippen molar-refractivity contribution >= 4 is 23.5 Å². The van der Waals surface area contributed by atoms with Gasteiger partial charge in [0.2, 0.25) is 11.7 Å². The first-order chi connectivity index (χ1) is 18.0. The van der Waals surface area contributed by atoms with E-state index in [4.69, 9.17) is 9.26 Å². The maximum Gasteiger partial charge on any atom is 0.328 e. The summed E-state index contributed by atoms with van der Waals surface area (Å²) in [5.74, 6) is 0.358. The molecule has 37 heavy (non-hydrogen) atoms. The fourth-order valence-electron chi connectivity index (χ4n) is 4.51. The largest absolute Gasteiger partial charge is 0.439 e. The number of hydrogen-bond donors (Lipinski definition) is 2. The molecule has 0 aliphatic carbocycles. The minimum atomic E-state index is -1.47. The van der Waals surface area contributed by atoms with Gasteiger partial charge in [0, 0.05) is 24.4 Å². The lowest BCUT2D eigenvalue weighted by molar-refractivity contribution is -0.137. The summed E-state index contributed by atoms with van der Waals surface area (Å²) in [6.45, 7) is 0.469. The topological polar surface area (TPSA) is 152 Å². The average molecular weight is 497 g/mol. The summed E-state index contributed by atoms with van der Waals surface area (Å²) in [5, 5.41) is 8.41. The van der Waals surface area contributed by atoms with Gasteiger partial charge in [0.15, 0.2) is 5.54 Å². The summed E-state index contributed by atoms with van der Waals surface area (Å²) in [6.07, 6.45) is 4.10. The second kappa shape index (κ2) is 8.82. The minimum absolute atomic E-state index is 0.298. The lowest BCUT2D eigenvalue weighted by Gasteiger charge is -2.38. The van der Waals surface area contributed by atoms with E-state index in [2.05, 4.69) is 30.7 Å². The van der Waals surface area contributed by atoms with Crippen LogP contribution in [-0.4, -0.2) is 50.0 Å². The highest BCUT2D eigenvalue weighted by molar-refractivity contribution is 6.24. The van der Waals surface area contributed by atoms with E-state index in [0.717, 1.165) is 5.56 Å². The Morgan fingerprint density at radius 3 is 2.46 bits per heavy atom. The quantitative estimate of drug-likeness (QED) is 0.394. The second-order valence-electron chi connectivity index (χ2n) is 8.47. The van der Waals surface area contributed by atoms with Gasteiger partial charge >= 0.3 is 6.03 Å². The highest BCUT2D eigenvalue weighted by Crippen LogP contribution is 2.36. The van der Waals surface area contributed by atoms with Crippen LogP contribution < -0.4 is 20.3 Å². The summed E-state index contributed by atoms with van der Waals surface area (Å²) < 4.78 is 11.2. The van der Waals surface area contributed by atoms with Crippen LogP contribution in [0.1, 0.15) is 12.8 Å². The number of nitrogens with one attached hydrogen (secondary N) is 2. The first kappa shape index (κ1) is 22.3. The molecule has 0 unspecified atom stereocenters. The Hall–Kier alpha value is -5.13. The fourth-order valence-corrected chi connectivity index (χ4v) is 4.51. The number of nitrogens with zero attached hydrogens (tertiary/aromatic N) is 5. The molecule has 12 heteroatoms. The van der Waals surface area contributed by atoms with Crippen molar-refractivity contribution in [2.45, 2.75) is 18.4 Å². The molecule has 5 heterocycles. The Kier molecular flexibility index (Phi) is 5.33. The maximum atomic E-state index is 12.6. The highest BCUT2D eigenvalue weighted by atomic mass is 16.5. The molecule has 1 aromatic carbocycles. The molecule has 0 radical (unpaired) electrons. The molecule has 2 aliphatic heterocycles. The summed E-state index contributed by atoms with van der Waals surface area (Å²) in [5.41, 5.74) is 0.428. The maximum absolute atomic E-state index is 12.6. The minimum Gasteiger partial charge on any atom is -0.439 e. The molecular weight excluding hydrogens is 478 g/mol. The third kappa shape index (κ3) is 3.93. The van der Waals surface area contributed by atoms with Crippen molar-refractivity contribution in [1.29, 1.82) is 0 Å². The third-order valence-electron chi connectivity index (χ3n) is 6.26. The van der Waals surface area contributed by atoms with E-state index >= 15 is 0 Å². The predicted molar refractivity (Wildman–Crippen MR) is 128 cm³/mol. The SMILES string of the molecule is O=C1NC(=O)C2(CCCN2c2ccc(Oc3ccc(-c4noc(-c5ccccn5)n4)cc3)nc2)C(=O)N1. The number of barbiturate groups is 1. The number of hydrogen-bond acceptors (Lipinski definition) is 10. The van der Waals surface area contributed by atoms with Crippen LogP contribution in [0.3, 0.4) is 0 Å². The number of carbonyl (C=O) groups excluding carboxylic acids is 3. The van der Waals surface area contributed by atoms with Crippen LogP contribution in [0.2, 0.25) is 0 Å². The normalized spacial score (nSPS) is 16.5. The van der Waals surface area contributed by atoms with E-state index in [0.29, 0.717) is 54.1 Å². The van der Waals surface area contributed by atoms with Gasteiger partial charge in [-0.25, -0.2) is 9.78 Å². The molecule has 12 nitrogen and oxygen atoms in total. The molecule has 4 amide bonds. The van der Waals surface area contributed by atoms with Gasteiger partial charge in [-0.2, -0.15) is 4.98 Å². The Labute approximate surface area is 209 Å². The Morgan fingerprint density at radius 1 is 0.946 bits per heavy atom. The molecule has 2 N–H and O–H groups in total. The van der Waals surface area contributed by atoms with Crippen molar-refractivity contribution < 1.29 is 23.6 Å². The molecular formula is C25H19N7O5. The summed E-state index contributed by atoms with van der Waals surface area (Å²) in [7, 11) is 0. The highest BCUT2D eigenvalue weighted by Gasteiger charge is 2.57. The van der Waals surface area contributed by atoms with Crippen molar-refractivity contribution in [2.75, 3.05) is 11.4 Å². The van der Waals surface area contributed by atoms with Crippen molar-refractivity contribution in [3.05, 3.63) is 67.0 Å². The molecule has 2 aliphatic rings. The van der Waals surface area contributed by atoms with Crippen molar-refractivity contribution in [2.24, 2.45) is 0 Å². The van der Waals surface area contributed by atoms with E-state index in [1.165, 1.54) is 6.20 Å². The first-order valence-electron chi connectivity index (χ1n) is 11.5. The molecule has 1 spiro atoms. The monoisotopic (exact) mass is 497 g/mol. The number of anilines is 1. The van der Waals surface area contributed by atoms with Crippen molar-refractivity contribution in [3.63, 3.8) is 0 Å². The smallest absolute Gasteiger partial charge is 0.328 e. The van der Waals surface area contributed by atoms with Crippen LogP contribution in [0.5, 0.6) is 11.6 Å². The molecule has 6 rings (SSSR count).